The van der Waals surface area contributed by atoms with Gasteiger partial charge >= 0.3 is 0 Å². The highest BCUT2D eigenvalue weighted by molar-refractivity contribution is 6.33. The van der Waals surface area contributed by atoms with Crippen molar-refractivity contribution in [3.05, 3.63) is 40.5 Å². The molecule has 1 amide bonds. The van der Waals surface area contributed by atoms with Crippen molar-refractivity contribution in [3.8, 4) is 0 Å². The van der Waals surface area contributed by atoms with E-state index in [1.54, 1.807) is 19.1 Å². The molecule has 1 aromatic carbocycles. The predicted octanol–water partition coefficient (Wildman–Crippen LogP) is 1.59. The summed E-state index contributed by atoms with van der Waals surface area (Å²) in [6.45, 7) is 2.13. The molecule has 0 aliphatic rings. The van der Waals surface area contributed by atoms with Crippen molar-refractivity contribution < 1.29 is 9.32 Å². The van der Waals surface area contributed by atoms with Gasteiger partial charge in [-0.15, -0.1) is 0 Å². The maximum Gasteiger partial charge on any atom is 0.251 e. The van der Waals surface area contributed by atoms with Crippen molar-refractivity contribution in [1.82, 2.24) is 15.5 Å². The zero-order valence-electron chi connectivity index (χ0n) is 10.3. The number of aryl methyl sites for hydroxylation is 1. The number of halogens is 1. The Labute approximate surface area is 114 Å². The normalized spacial score (nSPS) is 10.4. The van der Waals surface area contributed by atoms with Crippen LogP contribution in [0.4, 0.5) is 5.69 Å². The van der Waals surface area contributed by atoms with Crippen molar-refractivity contribution in [2.24, 2.45) is 0 Å². The first-order valence-electron chi connectivity index (χ1n) is 5.68. The van der Waals surface area contributed by atoms with E-state index in [-0.39, 0.29) is 5.91 Å². The third-order valence-corrected chi connectivity index (χ3v) is 2.81. The number of nitrogens with zero attached hydrogens (tertiary/aromatic N) is 2. The van der Waals surface area contributed by atoms with Gasteiger partial charge in [0.25, 0.3) is 5.91 Å². The summed E-state index contributed by atoms with van der Waals surface area (Å²) < 4.78 is 4.83. The van der Waals surface area contributed by atoms with Crippen LogP contribution >= 0.6 is 11.6 Å². The molecule has 0 aliphatic carbocycles. The second-order valence-corrected chi connectivity index (χ2v) is 4.38. The fourth-order valence-corrected chi connectivity index (χ4v) is 1.64. The number of nitrogens with one attached hydrogen (secondary N) is 1. The van der Waals surface area contributed by atoms with Crippen LogP contribution in [0.2, 0.25) is 5.02 Å². The van der Waals surface area contributed by atoms with Crippen LogP contribution in [-0.2, 0) is 6.42 Å². The van der Waals surface area contributed by atoms with Gasteiger partial charge in [0.15, 0.2) is 5.82 Å². The fraction of sp³-hybridized carbons (Fsp3) is 0.250. The Kier molecular flexibility index (Phi) is 4.01. The molecular weight excluding hydrogens is 268 g/mol. The average Bonchev–Trinajstić information content (AvgIpc) is 2.78. The number of carbonyl (C=O) groups excluding carboxylic acids is 1. The van der Waals surface area contributed by atoms with Gasteiger partial charge in [-0.05, 0) is 18.2 Å². The average molecular weight is 281 g/mol. The van der Waals surface area contributed by atoms with E-state index in [0.717, 1.165) is 0 Å². The molecule has 0 spiro atoms. The summed E-state index contributed by atoms with van der Waals surface area (Å²) >= 11 is 5.79. The van der Waals surface area contributed by atoms with Crippen molar-refractivity contribution in [2.45, 2.75) is 13.3 Å². The molecule has 0 fully saturated rings. The third-order valence-electron chi connectivity index (χ3n) is 2.46. The number of rotatable bonds is 4. The first-order chi connectivity index (χ1) is 9.06. The van der Waals surface area contributed by atoms with Crippen LogP contribution in [-0.4, -0.2) is 22.6 Å². The molecule has 2 rings (SSSR count). The molecule has 3 N–H and O–H groups in total. The van der Waals surface area contributed by atoms with E-state index < -0.39 is 0 Å². The van der Waals surface area contributed by atoms with E-state index in [9.17, 15) is 4.79 Å². The number of benzene rings is 1. The summed E-state index contributed by atoms with van der Waals surface area (Å²) in [6, 6.07) is 4.75. The lowest BCUT2D eigenvalue weighted by Gasteiger charge is -2.05. The van der Waals surface area contributed by atoms with Gasteiger partial charge < -0.3 is 15.6 Å². The highest BCUT2D eigenvalue weighted by Gasteiger charge is 2.08. The molecular formula is C12H13ClN4O2. The molecule has 7 heteroatoms. The Balaban J connectivity index is 1.89. The van der Waals surface area contributed by atoms with Gasteiger partial charge in [0.2, 0.25) is 5.89 Å². The molecule has 1 heterocycles. The minimum Gasteiger partial charge on any atom is -0.398 e. The standard InChI is InChI=1S/C12H13ClN4O2/c1-7-16-11(17-19-7)4-5-15-12(18)8-2-3-9(13)10(14)6-8/h2-3,6H,4-5,14H2,1H3,(H,15,18). The molecule has 6 nitrogen and oxygen atoms in total. The molecule has 19 heavy (non-hydrogen) atoms. The fourth-order valence-electron chi connectivity index (χ4n) is 1.52. The quantitative estimate of drug-likeness (QED) is 0.829. The molecule has 0 aliphatic heterocycles. The van der Waals surface area contributed by atoms with E-state index >= 15 is 0 Å². The van der Waals surface area contributed by atoms with Crippen molar-refractivity contribution in [1.29, 1.82) is 0 Å². The number of amides is 1. The Bertz CT molecular complexity index is 597. The number of hydrogen-bond donors (Lipinski definition) is 2. The third kappa shape index (κ3) is 3.45. The maximum atomic E-state index is 11.8. The Morgan fingerprint density at radius 2 is 2.32 bits per heavy atom. The molecule has 0 radical (unpaired) electrons. The molecule has 0 atom stereocenters. The Morgan fingerprint density at radius 3 is 2.95 bits per heavy atom. The first-order valence-corrected chi connectivity index (χ1v) is 6.06. The predicted molar refractivity (Wildman–Crippen MR) is 70.9 cm³/mol. The van der Waals surface area contributed by atoms with Crippen molar-refractivity contribution in [2.75, 3.05) is 12.3 Å². The monoisotopic (exact) mass is 280 g/mol. The van der Waals surface area contributed by atoms with E-state index in [2.05, 4.69) is 15.5 Å². The highest BCUT2D eigenvalue weighted by Crippen LogP contribution is 2.19. The van der Waals surface area contributed by atoms with Gasteiger partial charge in [-0.2, -0.15) is 4.98 Å². The van der Waals surface area contributed by atoms with E-state index in [0.29, 0.717) is 41.0 Å². The van der Waals surface area contributed by atoms with Crippen LogP contribution in [0.25, 0.3) is 0 Å². The summed E-state index contributed by atoms with van der Waals surface area (Å²) in [5.41, 5.74) is 6.48. The minimum atomic E-state index is -0.219. The molecule has 1 aromatic heterocycles. The summed E-state index contributed by atoms with van der Waals surface area (Å²) in [5, 5.41) is 6.91. The first kappa shape index (κ1) is 13.4. The van der Waals surface area contributed by atoms with Crippen LogP contribution in [0.15, 0.2) is 22.7 Å². The van der Waals surface area contributed by atoms with Gasteiger partial charge in [-0.25, -0.2) is 0 Å². The molecule has 2 aromatic rings. The van der Waals surface area contributed by atoms with Crippen LogP contribution in [0, 0.1) is 6.92 Å². The zero-order valence-corrected chi connectivity index (χ0v) is 11.1. The number of nitrogens with two attached hydrogens (primary N) is 1. The topological polar surface area (TPSA) is 94.0 Å². The second-order valence-electron chi connectivity index (χ2n) is 3.97. The molecule has 0 unspecified atom stereocenters. The largest absolute Gasteiger partial charge is 0.398 e. The zero-order chi connectivity index (χ0) is 13.8. The SMILES string of the molecule is Cc1nc(CCNC(=O)c2ccc(Cl)c(N)c2)no1. The van der Waals surface area contributed by atoms with Gasteiger partial charge in [-0.3, -0.25) is 4.79 Å². The van der Waals surface area contributed by atoms with Gasteiger partial charge in [0.1, 0.15) is 0 Å². The molecule has 0 bridgehead atoms. The summed E-state index contributed by atoms with van der Waals surface area (Å²) in [5.74, 6) is 0.851. The highest BCUT2D eigenvalue weighted by atomic mass is 35.5. The molecule has 100 valence electrons. The van der Waals surface area contributed by atoms with Crippen LogP contribution in [0.1, 0.15) is 22.1 Å². The number of hydrogen-bond acceptors (Lipinski definition) is 5. The van der Waals surface area contributed by atoms with Crippen LogP contribution in [0.5, 0.6) is 0 Å². The summed E-state index contributed by atoms with van der Waals surface area (Å²) in [7, 11) is 0. The maximum absolute atomic E-state index is 11.8. The van der Waals surface area contributed by atoms with E-state index in [1.165, 1.54) is 6.07 Å². The lowest BCUT2D eigenvalue weighted by molar-refractivity contribution is 0.0954. The van der Waals surface area contributed by atoms with E-state index in [1.807, 2.05) is 0 Å². The van der Waals surface area contributed by atoms with Gasteiger partial charge in [0, 0.05) is 25.5 Å². The number of nitrogen functional groups attached to an aromatic ring is 1. The Hall–Kier alpha value is -2.08. The van der Waals surface area contributed by atoms with Crippen LogP contribution in [0.3, 0.4) is 0 Å². The van der Waals surface area contributed by atoms with Gasteiger partial charge in [0.05, 0.1) is 10.7 Å². The number of carbonyl (C=O) groups is 1. The summed E-state index contributed by atoms with van der Waals surface area (Å²) in [6.07, 6.45) is 0.506. The lowest BCUT2D eigenvalue weighted by atomic mass is 10.2. The van der Waals surface area contributed by atoms with Crippen molar-refractivity contribution >= 4 is 23.2 Å². The smallest absolute Gasteiger partial charge is 0.251 e. The summed E-state index contributed by atoms with van der Waals surface area (Å²) in [4.78, 5) is 15.9. The van der Waals surface area contributed by atoms with Gasteiger partial charge in [-0.1, -0.05) is 16.8 Å². The number of anilines is 1. The minimum absolute atomic E-state index is 0.219. The van der Waals surface area contributed by atoms with Crippen LogP contribution < -0.4 is 11.1 Å². The van der Waals surface area contributed by atoms with E-state index in [4.69, 9.17) is 21.9 Å². The molecule has 0 saturated heterocycles. The molecule has 0 saturated carbocycles. The lowest BCUT2D eigenvalue weighted by Crippen LogP contribution is -2.26. The number of aromatic nitrogens is 2. The second kappa shape index (κ2) is 5.71. The Morgan fingerprint density at radius 1 is 1.53 bits per heavy atom. The van der Waals surface area contributed by atoms with Crippen molar-refractivity contribution in [3.63, 3.8) is 0 Å².